The lowest BCUT2D eigenvalue weighted by Gasteiger charge is -2.43. The number of sulfonamides is 1. The van der Waals surface area contributed by atoms with E-state index in [4.69, 9.17) is 23.7 Å². The second-order valence-electron chi connectivity index (χ2n) is 13.0. The lowest BCUT2D eigenvalue weighted by molar-refractivity contribution is -0.0354. The first-order valence-corrected chi connectivity index (χ1v) is 18.7. The van der Waals surface area contributed by atoms with Gasteiger partial charge in [0.2, 0.25) is 10.0 Å². The van der Waals surface area contributed by atoms with Crippen LogP contribution in [0, 0.1) is 6.92 Å². The molecule has 0 saturated carbocycles. The quantitative estimate of drug-likeness (QED) is 0.129. The first-order valence-electron chi connectivity index (χ1n) is 17.3. The summed E-state index contributed by atoms with van der Waals surface area (Å²) in [4.78, 5) is 2.60. The molecule has 2 aliphatic rings. The first kappa shape index (κ1) is 35.9. The van der Waals surface area contributed by atoms with Crippen LogP contribution in [0.25, 0.3) is 0 Å². The summed E-state index contributed by atoms with van der Waals surface area (Å²) < 4.78 is 60.0. The number of rotatable bonds is 15. The molecule has 9 nitrogen and oxygen atoms in total. The van der Waals surface area contributed by atoms with Crippen molar-refractivity contribution in [3.8, 4) is 11.5 Å². The number of anilines is 1. The topological polar surface area (TPSA) is 86.8 Å². The summed E-state index contributed by atoms with van der Waals surface area (Å²) in [5, 5.41) is 0. The van der Waals surface area contributed by atoms with Crippen LogP contribution in [0.5, 0.6) is 11.5 Å². The van der Waals surface area contributed by atoms with E-state index in [1.165, 1.54) is 0 Å². The molecule has 6 rings (SSSR count). The molecule has 0 spiro atoms. The van der Waals surface area contributed by atoms with Gasteiger partial charge in [-0.05, 0) is 72.9 Å². The molecule has 2 heterocycles. The van der Waals surface area contributed by atoms with Gasteiger partial charge in [0.25, 0.3) is 0 Å². The number of fused-ring (bicyclic) bond motifs is 1. The molecule has 2 aliphatic heterocycles. The van der Waals surface area contributed by atoms with E-state index >= 15 is 0 Å². The standard InChI is InChI=1S/C40H48N2O7S/c1-30-10-17-36(18-11-30)50(43,44)42-26-40(49-28-32-12-19-39-38(24-32)41(21-23-48-39)20-7-22-45-2)37(33-13-15-35(46-3)16-14-33)25-34(42)29-47-27-31-8-5-4-6-9-31/h4-6,8-19,24,34,37,40H,7,20-23,25-29H2,1-3H3/t34-,37+,40-/m0/s1. The van der Waals surface area contributed by atoms with Gasteiger partial charge >= 0.3 is 0 Å². The van der Waals surface area contributed by atoms with Crippen molar-refractivity contribution in [2.24, 2.45) is 0 Å². The summed E-state index contributed by atoms with van der Waals surface area (Å²) in [6.45, 7) is 6.13. The molecule has 0 aromatic heterocycles. The lowest BCUT2D eigenvalue weighted by Crippen LogP contribution is -2.53. The first-order chi connectivity index (χ1) is 24.4. The van der Waals surface area contributed by atoms with E-state index in [2.05, 4.69) is 23.1 Å². The highest BCUT2D eigenvalue weighted by atomic mass is 32.2. The van der Waals surface area contributed by atoms with E-state index < -0.39 is 22.2 Å². The SMILES string of the molecule is COCCCN1CCOc2ccc(CO[C@H]3CN(S(=O)(=O)c4ccc(C)cc4)[C@H](COCc4ccccc4)C[C@@H]3c3ccc(OC)cc3)cc21. The smallest absolute Gasteiger partial charge is 0.243 e. The molecule has 0 N–H and O–H groups in total. The fourth-order valence-corrected chi connectivity index (χ4v) is 8.44. The molecule has 4 aromatic rings. The molecule has 4 aromatic carbocycles. The number of nitrogens with zero attached hydrogens (tertiary/aromatic N) is 2. The van der Waals surface area contributed by atoms with Gasteiger partial charge in [0.15, 0.2) is 0 Å². The van der Waals surface area contributed by atoms with E-state index in [1.54, 1.807) is 30.7 Å². The maximum atomic E-state index is 14.4. The highest BCUT2D eigenvalue weighted by molar-refractivity contribution is 7.89. The van der Waals surface area contributed by atoms with Gasteiger partial charge < -0.3 is 28.6 Å². The molecule has 0 aliphatic carbocycles. The predicted octanol–water partition coefficient (Wildman–Crippen LogP) is 6.59. The van der Waals surface area contributed by atoms with E-state index in [0.29, 0.717) is 32.8 Å². The van der Waals surface area contributed by atoms with Crippen molar-refractivity contribution in [1.29, 1.82) is 0 Å². The molecule has 0 amide bonds. The highest BCUT2D eigenvalue weighted by Gasteiger charge is 2.43. The number of methoxy groups -OCH3 is 2. The van der Waals surface area contributed by atoms with Crippen LogP contribution in [0.4, 0.5) is 5.69 Å². The van der Waals surface area contributed by atoms with E-state index in [1.807, 2.05) is 73.7 Å². The summed E-state index contributed by atoms with van der Waals surface area (Å²) >= 11 is 0. The number of benzene rings is 4. The average Bonchev–Trinajstić information content (AvgIpc) is 3.15. The minimum Gasteiger partial charge on any atom is -0.497 e. The van der Waals surface area contributed by atoms with Crippen molar-refractivity contribution in [2.45, 2.75) is 55.9 Å². The molecule has 50 heavy (non-hydrogen) atoms. The highest BCUT2D eigenvalue weighted by Crippen LogP contribution is 2.39. The zero-order valence-electron chi connectivity index (χ0n) is 29.2. The van der Waals surface area contributed by atoms with Crippen LogP contribution in [-0.2, 0) is 37.4 Å². The zero-order valence-corrected chi connectivity index (χ0v) is 30.0. The summed E-state index contributed by atoms with van der Waals surface area (Å²) in [7, 11) is -0.493. The number of aryl methyl sites for hydroxylation is 1. The summed E-state index contributed by atoms with van der Waals surface area (Å²) in [5.41, 5.74) is 5.15. The van der Waals surface area contributed by atoms with Crippen LogP contribution in [0.1, 0.15) is 41.0 Å². The van der Waals surface area contributed by atoms with Gasteiger partial charge in [-0.1, -0.05) is 66.2 Å². The Bertz CT molecular complexity index is 1770. The van der Waals surface area contributed by atoms with Crippen LogP contribution in [0.3, 0.4) is 0 Å². The molecular weight excluding hydrogens is 653 g/mol. The summed E-state index contributed by atoms with van der Waals surface area (Å²) in [5.74, 6) is 1.54. The van der Waals surface area contributed by atoms with Crippen molar-refractivity contribution in [3.05, 3.63) is 119 Å². The van der Waals surface area contributed by atoms with Crippen LogP contribution in [0.15, 0.2) is 102 Å². The Hall–Kier alpha value is -3.93. The van der Waals surface area contributed by atoms with Crippen molar-refractivity contribution < 1.29 is 32.1 Å². The third-order valence-electron chi connectivity index (χ3n) is 9.56. The molecule has 10 heteroatoms. The Balaban J connectivity index is 1.28. The molecular formula is C40H48N2O7S. The molecule has 0 radical (unpaired) electrons. The lowest BCUT2D eigenvalue weighted by atomic mass is 9.84. The van der Waals surface area contributed by atoms with Crippen molar-refractivity contribution in [3.63, 3.8) is 0 Å². The normalized spacial score (nSPS) is 19.5. The fourth-order valence-electron chi connectivity index (χ4n) is 6.81. The van der Waals surface area contributed by atoms with Gasteiger partial charge in [0.1, 0.15) is 18.1 Å². The number of ether oxygens (including phenoxy) is 5. The van der Waals surface area contributed by atoms with Gasteiger partial charge in [-0.3, -0.25) is 0 Å². The largest absolute Gasteiger partial charge is 0.497 e. The maximum absolute atomic E-state index is 14.4. The number of hydrogen-bond donors (Lipinski definition) is 0. The van der Waals surface area contributed by atoms with Gasteiger partial charge in [0.05, 0.1) is 50.2 Å². The molecule has 1 fully saturated rings. The van der Waals surface area contributed by atoms with Crippen molar-refractivity contribution >= 4 is 15.7 Å². The van der Waals surface area contributed by atoms with Gasteiger partial charge in [-0.15, -0.1) is 0 Å². The van der Waals surface area contributed by atoms with Gasteiger partial charge in [-0.25, -0.2) is 8.42 Å². The Kier molecular flexibility index (Phi) is 12.1. The van der Waals surface area contributed by atoms with E-state index in [9.17, 15) is 8.42 Å². The molecule has 1 saturated heterocycles. The number of piperidine rings is 1. The Labute approximate surface area is 296 Å². The Morgan fingerprint density at radius 3 is 2.40 bits per heavy atom. The second-order valence-corrected chi connectivity index (χ2v) is 14.9. The van der Waals surface area contributed by atoms with Crippen molar-refractivity contribution in [1.82, 2.24) is 4.31 Å². The van der Waals surface area contributed by atoms with Crippen LogP contribution >= 0.6 is 0 Å². The summed E-state index contributed by atoms with van der Waals surface area (Å²) in [6, 6.07) is 30.8. The monoisotopic (exact) mass is 700 g/mol. The Morgan fingerprint density at radius 2 is 1.66 bits per heavy atom. The molecule has 0 bridgehead atoms. The third-order valence-corrected chi connectivity index (χ3v) is 11.5. The number of hydrogen-bond acceptors (Lipinski definition) is 8. The van der Waals surface area contributed by atoms with Gasteiger partial charge in [0, 0.05) is 38.8 Å². The van der Waals surface area contributed by atoms with E-state index in [0.717, 1.165) is 59.0 Å². The maximum Gasteiger partial charge on any atom is 0.243 e. The molecule has 3 atom stereocenters. The molecule has 0 unspecified atom stereocenters. The van der Waals surface area contributed by atoms with Crippen LogP contribution in [0.2, 0.25) is 0 Å². The van der Waals surface area contributed by atoms with Crippen molar-refractivity contribution in [2.75, 3.05) is 58.6 Å². The minimum absolute atomic E-state index is 0.0813. The Morgan fingerprint density at radius 1 is 0.880 bits per heavy atom. The van der Waals surface area contributed by atoms with Crippen LogP contribution in [-0.4, -0.2) is 78.5 Å². The van der Waals surface area contributed by atoms with Crippen LogP contribution < -0.4 is 14.4 Å². The minimum atomic E-state index is -3.87. The fraction of sp³-hybridized carbons (Fsp3) is 0.400. The van der Waals surface area contributed by atoms with E-state index in [-0.39, 0.29) is 24.0 Å². The average molecular weight is 701 g/mol. The van der Waals surface area contributed by atoms with Gasteiger partial charge in [-0.2, -0.15) is 4.31 Å². The predicted molar refractivity (Wildman–Crippen MR) is 195 cm³/mol. The zero-order chi connectivity index (χ0) is 34.9. The summed E-state index contributed by atoms with van der Waals surface area (Å²) in [6.07, 6.45) is 1.03. The molecule has 266 valence electrons. The second kappa shape index (κ2) is 16.9. The third kappa shape index (κ3) is 8.68.